The van der Waals surface area contributed by atoms with Crippen molar-refractivity contribution in [3.05, 3.63) is 0 Å². The molecule has 1 rings (SSSR count). The van der Waals surface area contributed by atoms with E-state index in [1.165, 1.54) is 0 Å². The summed E-state index contributed by atoms with van der Waals surface area (Å²) in [7, 11) is -2.91. The number of hydrogen-bond acceptors (Lipinski definition) is 3. The van der Waals surface area contributed by atoms with Gasteiger partial charge in [0.25, 0.3) is 0 Å². The first kappa shape index (κ1) is 10.3. The minimum atomic E-state index is -2.91. The van der Waals surface area contributed by atoms with Gasteiger partial charge in [-0.15, -0.1) is 11.6 Å². The summed E-state index contributed by atoms with van der Waals surface area (Å²) in [5, 5.41) is 9.32. The van der Waals surface area contributed by atoms with Crippen LogP contribution >= 0.6 is 11.6 Å². The van der Waals surface area contributed by atoms with E-state index in [4.69, 9.17) is 11.6 Å². The number of hydrogen-bond donors (Lipinski definition) is 1. The van der Waals surface area contributed by atoms with Crippen molar-refractivity contribution in [2.75, 3.05) is 17.4 Å². The summed E-state index contributed by atoms with van der Waals surface area (Å²) < 4.78 is 22.3. The fraction of sp³-hybridized carbons (Fsp3) is 1.00. The normalized spacial score (nSPS) is 31.3. The first-order valence-electron chi connectivity index (χ1n) is 3.99. The predicted molar refractivity (Wildman–Crippen MR) is 48.1 cm³/mol. The van der Waals surface area contributed by atoms with Gasteiger partial charge in [-0.3, -0.25) is 0 Å². The molecule has 0 saturated carbocycles. The molecule has 2 atom stereocenters. The SMILES string of the molecule is O=S1(=O)CCCC(C(O)CCl)C1. The summed E-state index contributed by atoms with van der Waals surface area (Å²) in [4.78, 5) is 0. The van der Waals surface area contributed by atoms with Gasteiger partial charge in [-0.2, -0.15) is 0 Å². The Morgan fingerprint density at radius 1 is 1.58 bits per heavy atom. The third-order valence-corrected chi connectivity index (χ3v) is 4.36. The Kier molecular flexibility index (Phi) is 3.37. The lowest BCUT2D eigenvalue weighted by atomic mass is 10.0. The molecule has 0 bridgehead atoms. The van der Waals surface area contributed by atoms with Crippen LogP contribution < -0.4 is 0 Å². The van der Waals surface area contributed by atoms with E-state index in [-0.39, 0.29) is 23.3 Å². The van der Waals surface area contributed by atoms with Gasteiger partial charge in [-0.1, -0.05) is 0 Å². The van der Waals surface area contributed by atoms with E-state index in [1.807, 2.05) is 0 Å². The van der Waals surface area contributed by atoms with Crippen LogP contribution in [0, 0.1) is 5.92 Å². The van der Waals surface area contributed by atoms with E-state index in [0.717, 1.165) is 6.42 Å². The van der Waals surface area contributed by atoms with Gasteiger partial charge in [0, 0.05) is 5.88 Å². The summed E-state index contributed by atoms with van der Waals surface area (Å²) in [5.74, 6) is 0.334. The second kappa shape index (κ2) is 3.94. The first-order chi connectivity index (χ1) is 5.55. The van der Waals surface area contributed by atoms with Crippen LogP contribution in [0.1, 0.15) is 12.8 Å². The predicted octanol–water partition coefficient (Wildman–Crippen LogP) is 0.411. The molecule has 0 aromatic carbocycles. The lowest BCUT2D eigenvalue weighted by Crippen LogP contribution is -2.34. The highest BCUT2D eigenvalue weighted by atomic mass is 35.5. The second-order valence-corrected chi connectivity index (χ2v) is 5.78. The van der Waals surface area contributed by atoms with Crippen molar-refractivity contribution >= 4 is 21.4 Å². The molecule has 12 heavy (non-hydrogen) atoms. The lowest BCUT2D eigenvalue weighted by molar-refractivity contribution is 0.132. The van der Waals surface area contributed by atoms with Crippen LogP contribution in [-0.4, -0.2) is 37.0 Å². The Balaban J connectivity index is 2.58. The van der Waals surface area contributed by atoms with E-state index in [2.05, 4.69) is 0 Å². The fourth-order valence-corrected chi connectivity index (χ4v) is 3.55. The number of sulfone groups is 1. The standard InChI is InChI=1S/C7H13ClO3S/c8-4-7(9)6-2-1-3-12(10,11)5-6/h6-7,9H,1-5H2. The van der Waals surface area contributed by atoms with Crippen LogP contribution in [0.4, 0.5) is 0 Å². The van der Waals surface area contributed by atoms with E-state index in [1.54, 1.807) is 0 Å². The zero-order chi connectivity index (χ0) is 9.19. The van der Waals surface area contributed by atoms with Crippen molar-refractivity contribution in [1.82, 2.24) is 0 Å². The van der Waals surface area contributed by atoms with Gasteiger partial charge in [0.2, 0.25) is 0 Å². The first-order valence-corrected chi connectivity index (χ1v) is 6.35. The average Bonchev–Trinajstić information content (AvgIpc) is 2.01. The fourth-order valence-electron chi connectivity index (χ4n) is 1.49. The Morgan fingerprint density at radius 3 is 2.75 bits per heavy atom. The van der Waals surface area contributed by atoms with Crippen LogP contribution in [0.2, 0.25) is 0 Å². The summed E-state index contributed by atoms with van der Waals surface area (Å²) in [6, 6.07) is 0. The highest BCUT2D eigenvalue weighted by Gasteiger charge is 2.29. The van der Waals surface area contributed by atoms with Crippen LogP contribution in [-0.2, 0) is 9.84 Å². The van der Waals surface area contributed by atoms with Crippen molar-refractivity contribution in [3.8, 4) is 0 Å². The van der Waals surface area contributed by atoms with Crippen molar-refractivity contribution in [2.45, 2.75) is 18.9 Å². The Hall–Kier alpha value is 0.200. The van der Waals surface area contributed by atoms with Gasteiger partial charge in [-0.25, -0.2) is 8.42 Å². The van der Waals surface area contributed by atoms with Gasteiger partial charge < -0.3 is 5.11 Å². The number of alkyl halides is 1. The Morgan fingerprint density at radius 2 is 2.25 bits per heavy atom. The number of aliphatic hydroxyl groups excluding tert-OH is 1. The van der Waals surface area contributed by atoms with Crippen molar-refractivity contribution in [1.29, 1.82) is 0 Å². The second-order valence-electron chi connectivity index (χ2n) is 3.24. The molecule has 1 saturated heterocycles. The molecule has 1 heterocycles. The molecule has 1 fully saturated rings. The monoisotopic (exact) mass is 212 g/mol. The van der Waals surface area contributed by atoms with E-state index in [0.29, 0.717) is 6.42 Å². The smallest absolute Gasteiger partial charge is 0.150 e. The molecule has 0 radical (unpaired) electrons. The van der Waals surface area contributed by atoms with Gasteiger partial charge in [-0.05, 0) is 18.8 Å². The minimum absolute atomic E-state index is 0.0981. The summed E-state index contributed by atoms with van der Waals surface area (Å²) in [6.45, 7) is 0. The molecule has 1 aliphatic rings. The molecule has 2 unspecified atom stereocenters. The van der Waals surface area contributed by atoms with Gasteiger partial charge >= 0.3 is 0 Å². The Labute approximate surface area is 77.6 Å². The molecular formula is C7H13ClO3S. The molecule has 5 heteroatoms. The van der Waals surface area contributed by atoms with Crippen LogP contribution in [0.5, 0.6) is 0 Å². The van der Waals surface area contributed by atoms with Crippen molar-refractivity contribution in [3.63, 3.8) is 0 Å². The quantitative estimate of drug-likeness (QED) is 0.675. The van der Waals surface area contributed by atoms with E-state index >= 15 is 0 Å². The number of rotatable bonds is 2. The highest BCUT2D eigenvalue weighted by molar-refractivity contribution is 7.91. The number of halogens is 1. The van der Waals surface area contributed by atoms with Gasteiger partial charge in [0.05, 0.1) is 17.6 Å². The van der Waals surface area contributed by atoms with Crippen molar-refractivity contribution < 1.29 is 13.5 Å². The average molecular weight is 213 g/mol. The molecule has 1 aliphatic heterocycles. The van der Waals surface area contributed by atoms with Crippen LogP contribution in [0.25, 0.3) is 0 Å². The van der Waals surface area contributed by atoms with E-state index < -0.39 is 15.9 Å². The maximum Gasteiger partial charge on any atom is 0.150 e. The van der Waals surface area contributed by atoms with Crippen molar-refractivity contribution in [2.24, 2.45) is 5.92 Å². The maximum absolute atomic E-state index is 11.1. The van der Waals surface area contributed by atoms with E-state index in [9.17, 15) is 13.5 Å². The largest absolute Gasteiger partial charge is 0.392 e. The molecule has 3 nitrogen and oxygen atoms in total. The van der Waals surface area contributed by atoms with Crippen LogP contribution in [0.15, 0.2) is 0 Å². The zero-order valence-electron chi connectivity index (χ0n) is 6.74. The molecular weight excluding hydrogens is 200 g/mol. The summed E-state index contributed by atoms with van der Waals surface area (Å²) in [6.07, 6.45) is 0.760. The third-order valence-electron chi connectivity index (χ3n) is 2.20. The van der Waals surface area contributed by atoms with Crippen LogP contribution in [0.3, 0.4) is 0 Å². The maximum atomic E-state index is 11.1. The molecule has 0 aromatic heterocycles. The lowest BCUT2D eigenvalue weighted by Gasteiger charge is -2.24. The molecule has 0 amide bonds. The Bertz CT molecular complexity index is 237. The molecule has 0 aliphatic carbocycles. The third kappa shape index (κ3) is 2.61. The minimum Gasteiger partial charge on any atom is -0.392 e. The summed E-state index contributed by atoms with van der Waals surface area (Å²) >= 11 is 5.43. The topological polar surface area (TPSA) is 54.4 Å². The molecule has 0 aromatic rings. The highest BCUT2D eigenvalue weighted by Crippen LogP contribution is 2.21. The number of aliphatic hydroxyl groups is 1. The summed E-state index contributed by atoms with van der Waals surface area (Å²) in [5.41, 5.74) is 0. The molecule has 72 valence electrons. The zero-order valence-corrected chi connectivity index (χ0v) is 8.31. The molecule has 0 spiro atoms. The van der Waals surface area contributed by atoms with Gasteiger partial charge in [0.15, 0.2) is 9.84 Å². The molecule has 1 N–H and O–H groups in total. The van der Waals surface area contributed by atoms with Gasteiger partial charge in [0.1, 0.15) is 0 Å².